The normalized spacial score (nSPS) is 11.7. The van der Waals surface area contributed by atoms with Gasteiger partial charge in [-0.25, -0.2) is 12.4 Å². The number of aliphatic carboxylic acids is 1. The van der Waals surface area contributed by atoms with Crippen LogP contribution >= 0.6 is 23.2 Å². The molecule has 1 aromatic heterocycles. The maximum atomic E-state index is 13.5. The summed E-state index contributed by atoms with van der Waals surface area (Å²) in [6.45, 7) is 0. The Balaban J connectivity index is 1.84. The van der Waals surface area contributed by atoms with Gasteiger partial charge in [0.05, 0.1) is 20.5 Å². The number of hydrogen-bond donors (Lipinski definition) is 1. The molecule has 0 aliphatic rings. The summed E-state index contributed by atoms with van der Waals surface area (Å²) in [5.41, 5.74) is 2.41. The van der Waals surface area contributed by atoms with Crippen LogP contribution in [0.2, 0.25) is 10.0 Å². The van der Waals surface area contributed by atoms with Gasteiger partial charge in [0.1, 0.15) is 0 Å². The third kappa shape index (κ3) is 4.06. The number of carboxylic acids is 1. The van der Waals surface area contributed by atoms with E-state index in [1.165, 1.54) is 16.2 Å². The standard InChI is InChI=1S/C23H17Cl2NO4S/c24-20-9-4-8-19(23(20)25)15-5-3-6-17(13-15)31(29,30)26-14-16(11-12-22(27)28)18-7-1-2-10-21(18)26/h1-10,13-14H,11-12H2,(H,27,28). The average Bonchev–Trinajstić information content (AvgIpc) is 3.14. The van der Waals surface area contributed by atoms with E-state index in [4.69, 9.17) is 28.3 Å². The van der Waals surface area contributed by atoms with Crippen LogP contribution in [-0.2, 0) is 21.2 Å². The molecular formula is C23H17Cl2NO4S. The molecule has 0 aliphatic carbocycles. The van der Waals surface area contributed by atoms with Crippen molar-refractivity contribution >= 4 is 50.1 Å². The monoisotopic (exact) mass is 473 g/mol. The van der Waals surface area contributed by atoms with Crippen molar-refractivity contribution in [1.82, 2.24) is 3.97 Å². The van der Waals surface area contributed by atoms with Crippen molar-refractivity contribution < 1.29 is 18.3 Å². The van der Waals surface area contributed by atoms with Gasteiger partial charge in [0, 0.05) is 23.6 Å². The molecule has 0 aliphatic heterocycles. The van der Waals surface area contributed by atoms with Crippen molar-refractivity contribution in [2.45, 2.75) is 17.7 Å². The van der Waals surface area contributed by atoms with Gasteiger partial charge in [0.15, 0.2) is 0 Å². The second-order valence-electron chi connectivity index (χ2n) is 7.00. The van der Waals surface area contributed by atoms with Crippen molar-refractivity contribution in [3.8, 4) is 11.1 Å². The highest BCUT2D eigenvalue weighted by Crippen LogP contribution is 2.35. The Labute approximate surface area is 189 Å². The minimum atomic E-state index is -3.94. The molecule has 5 nitrogen and oxygen atoms in total. The predicted octanol–water partition coefficient (Wildman–Crippen LogP) is 5.87. The molecule has 8 heteroatoms. The number of carboxylic acid groups (broad SMARTS) is 1. The number of para-hydroxylation sites is 1. The van der Waals surface area contributed by atoms with Crippen LogP contribution in [0.15, 0.2) is 77.8 Å². The Morgan fingerprint density at radius 1 is 0.968 bits per heavy atom. The van der Waals surface area contributed by atoms with Gasteiger partial charge in [0.25, 0.3) is 10.0 Å². The third-order valence-electron chi connectivity index (χ3n) is 5.02. The maximum absolute atomic E-state index is 13.5. The van der Waals surface area contributed by atoms with Gasteiger partial charge >= 0.3 is 5.97 Å². The van der Waals surface area contributed by atoms with Gasteiger partial charge in [-0.3, -0.25) is 4.79 Å². The van der Waals surface area contributed by atoms with E-state index < -0.39 is 16.0 Å². The first kappa shape index (κ1) is 21.4. The van der Waals surface area contributed by atoms with Crippen LogP contribution in [0.25, 0.3) is 22.0 Å². The molecular weight excluding hydrogens is 457 g/mol. The summed E-state index contributed by atoms with van der Waals surface area (Å²) in [7, 11) is -3.94. The Kier molecular flexibility index (Phi) is 5.79. The molecule has 0 saturated carbocycles. The molecule has 0 fully saturated rings. The minimum absolute atomic E-state index is 0.0865. The van der Waals surface area contributed by atoms with E-state index in [2.05, 4.69) is 0 Å². The first-order valence-electron chi connectivity index (χ1n) is 9.40. The number of carbonyl (C=O) groups is 1. The quantitative estimate of drug-likeness (QED) is 0.379. The fourth-order valence-corrected chi connectivity index (χ4v) is 5.37. The highest BCUT2D eigenvalue weighted by Gasteiger charge is 2.22. The molecule has 1 N–H and O–H groups in total. The Morgan fingerprint density at radius 3 is 2.48 bits per heavy atom. The molecule has 0 bridgehead atoms. The molecule has 31 heavy (non-hydrogen) atoms. The van der Waals surface area contributed by atoms with Gasteiger partial charge in [-0.1, -0.05) is 65.7 Å². The van der Waals surface area contributed by atoms with Crippen LogP contribution in [0.1, 0.15) is 12.0 Å². The fraction of sp³-hybridized carbons (Fsp3) is 0.0870. The number of aryl methyl sites for hydroxylation is 1. The van der Waals surface area contributed by atoms with Crippen molar-refractivity contribution in [2.75, 3.05) is 0 Å². The fourth-order valence-electron chi connectivity index (χ4n) is 3.52. The van der Waals surface area contributed by atoms with Crippen LogP contribution in [0, 0.1) is 0 Å². The zero-order valence-corrected chi connectivity index (χ0v) is 18.5. The maximum Gasteiger partial charge on any atom is 0.303 e. The summed E-state index contributed by atoms with van der Waals surface area (Å²) in [5, 5.41) is 10.5. The van der Waals surface area contributed by atoms with Crippen molar-refractivity contribution in [2.24, 2.45) is 0 Å². The van der Waals surface area contributed by atoms with E-state index in [9.17, 15) is 13.2 Å². The van der Waals surface area contributed by atoms with Crippen molar-refractivity contribution in [3.05, 3.63) is 88.5 Å². The summed E-state index contributed by atoms with van der Waals surface area (Å²) in [6, 6.07) is 18.7. The summed E-state index contributed by atoms with van der Waals surface area (Å²) in [5.74, 6) is -0.939. The highest BCUT2D eigenvalue weighted by molar-refractivity contribution is 7.90. The number of fused-ring (bicyclic) bond motifs is 1. The van der Waals surface area contributed by atoms with Crippen LogP contribution in [0.4, 0.5) is 0 Å². The molecule has 0 amide bonds. The Bertz CT molecular complexity index is 1410. The number of halogens is 2. The Hall–Kier alpha value is -2.80. The summed E-state index contributed by atoms with van der Waals surface area (Å²) in [6.07, 6.45) is 1.65. The molecule has 0 spiro atoms. The van der Waals surface area contributed by atoms with Crippen LogP contribution in [0.3, 0.4) is 0 Å². The lowest BCUT2D eigenvalue weighted by Crippen LogP contribution is -2.12. The topological polar surface area (TPSA) is 76.4 Å². The zero-order valence-electron chi connectivity index (χ0n) is 16.1. The Morgan fingerprint density at radius 2 is 1.71 bits per heavy atom. The number of rotatable bonds is 6. The van der Waals surface area contributed by atoms with E-state index >= 15 is 0 Å². The largest absolute Gasteiger partial charge is 0.481 e. The second kappa shape index (κ2) is 8.38. The molecule has 4 aromatic rings. The first-order valence-corrected chi connectivity index (χ1v) is 11.6. The molecule has 1 heterocycles. The number of nitrogens with zero attached hydrogens (tertiary/aromatic N) is 1. The van der Waals surface area contributed by atoms with Crippen molar-refractivity contribution in [3.63, 3.8) is 0 Å². The number of aromatic nitrogens is 1. The third-order valence-corrected chi connectivity index (χ3v) is 7.51. The average molecular weight is 474 g/mol. The van der Waals surface area contributed by atoms with Gasteiger partial charge < -0.3 is 5.11 Å². The van der Waals surface area contributed by atoms with Crippen LogP contribution in [0.5, 0.6) is 0 Å². The number of hydrogen-bond acceptors (Lipinski definition) is 3. The SMILES string of the molecule is O=C(O)CCc1cn(S(=O)(=O)c2cccc(-c3cccc(Cl)c3Cl)c2)c2ccccc12. The minimum Gasteiger partial charge on any atom is -0.481 e. The molecule has 0 saturated heterocycles. The summed E-state index contributed by atoms with van der Waals surface area (Å²) < 4.78 is 28.3. The van der Waals surface area contributed by atoms with E-state index in [1.54, 1.807) is 60.7 Å². The van der Waals surface area contributed by atoms with Crippen LogP contribution < -0.4 is 0 Å². The second-order valence-corrected chi connectivity index (χ2v) is 9.60. The zero-order chi connectivity index (χ0) is 22.2. The lowest BCUT2D eigenvalue weighted by Gasteiger charge is -2.11. The molecule has 0 atom stereocenters. The number of benzene rings is 3. The molecule has 0 unspecified atom stereocenters. The van der Waals surface area contributed by atoms with E-state index in [-0.39, 0.29) is 17.7 Å². The van der Waals surface area contributed by atoms with Crippen LogP contribution in [-0.4, -0.2) is 23.5 Å². The first-order chi connectivity index (χ1) is 14.8. The molecule has 3 aromatic carbocycles. The molecule has 158 valence electrons. The predicted molar refractivity (Wildman–Crippen MR) is 122 cm³/mol. The van der Waals surface area contributed by atoms with E-state index in [0.29, 0.717) is 37.6 Å². The van der Waals surface area contributed by atoms with E-state index in [0.717, 1.165) is 0 Å². The lowest BCUT2D eigenvalue weighted by atomic mass is 10.1. The molecule has 0 radical (unpaired) electrons. The summed E-state index contributed by atoms with van der Waals surface area (Å²) in [4.78, 5) is 11.1. The van der Waals surface area contributed by atoms with Gasteiger partial charge in [-0.2, -0.15) is 0 Å². The van der Waals surface area contributed by atoms with Gasteiger partial charge in [-0.15, -0.1) is 0 Å². The molecule has 4 rings (SSSR count). The van der Waals surface area contributed by atoms with Crippen molar-refractivity contribution in [1.29, 1.82) is 0 Å². The van der Waals surface area contributed by atoms with Gasteiger partial charge in [0.2, 0.25) is 0 Å². The van der Waals surface area contributed by atoms with E-state index in [1.807, 2.05) is 0 Å². The smallest absolute Gasteiger partial charge is 0.303 e. The lowest BCUT2D eigenvalue weighted by molar-refractivity contribution is -0.136. The van der Waals surface area contributed by atoms with Gasteiger partial charge in [-0.05, 0) is 41.8 Å². The summed E-state index contributed by atoms with van der Waals surface area (Å²) >= 11 is 12.4. The highest BCUT2D eigenvalue weighted by atomic mass is 35.5.